The monoisotopic (exact) mass is 249 g/mol. The van der Waals surface area contributed by atoms with Gasteiger partial charge in [0.2, 0.25) is 0 Å². The highest BCUT2D eigenvalue weighted by molar-refractivity contribution is 5.97. The van der Waals surface area contributed by atoms with Gasteiger partial charge < -0.3 is 0 Å². The van der Waals surface area contributed by atoms with E-state index >= 15 is 0 Å². The van der Waals surface area contributed by atoms with Gasteiger partial charge in [-0.3, -0.25) is 0 Å². The normalized spacial score (nSPS) is 15.6. The summed E-state index contributed by atoms with van der Waals surface area (Å²) in [6.45, 7) is 4.53. The van der Waals surface area contributed by atoms with E-state index in [4.69, 9.17) is 0 Å². The van der Waals surface area contributed by atoms with Crippen LogP contribution in [0.4, 0.5) is 0 Å². The van der Waals surface area contributed by atoms with Crippen LogP contribution in [0.5, 0.6) is 0 Å². The van der Waals surface area contributed by atoms with Gasteiger partial charge in [0.1, 0.15) is 0 Å². The number of rotatable bonds is 11. The second-order valence-electron chi connectivity index (χ2n) is 5.47. The second kappa shape index (κ2) is 10.2. The molecule has 1 unspecified atom stereocenters. The molecule has 0 saturated heterocycles. The molecule has 1 rings (SSSR count). The summed E-state index contributed by atoms with van der Waals surface area (Å²) < 4.78 is 0. The van der Waals surface area contributed by atoms with Gasteiger partial charge in [-0.1, -0.05) is 71.6 Å². The van der Waals surface area contributed by atoms with Crippen LogP contribution in [0.2, 0.25) is 0 Å². The maximum absolute atomic E-state index is 4.12. The van der Waals surface area contributed by atoms with Crippen molar-refractivity contribution in [1.29, 1.82) is 0 Å². The van der Waals surface area contributed by atoms with E-state index in [0.717, 1.165) is 5.71 Å². The third-order valence-electron chi connectivity index (χ3n) is 3.73. The molecule has 0 spiro atoms. The fraction of sp³-hybridized carbons (Fsp3) is 0.812. The van der Waals surface area contributed by atoms with E-state index < -0.39 is 0 Å². The minimum atomic E-state index is 0.581. The smallest absolute Gasteiger partial charge is 0.0674 e. The fourth-order valence-corrected chi connectivity index (χ4v) is 2.41. The molecular weight excluding hydrogens is 220 g/mol. The van der Waals surface area contributed by atoms with Gasteiger partial charge >= 0.3 is 0 Å². The lowest BCUT2D eigenvalue weighted by atomic mass is 9.97. The molecule has 0 saturated carbocycles. The zero-order valence-electron chi connectivity index (χ0n) is 12.2. The van der Waals surface area contributed by atoms with E-state index in [1.807, 2.05) is 6.08 Å². The van der Waals surface area contributed by atoms with Gasteiger partial charge in [0.15, 0.2) is 0 Å². The van der Waals surface area contributed by atoms with Crippen molar-refractivity contribution in [2.75, 3.05) is 0 Å². The van der Waals surface area contributed by atoms with E-state index in [2.05, 4.69) is 24.4 Å². The third-order valence-corrected chi connectivity index (χ3v) is 3.73. The molecule has 0 aliphatic carbocycles. The zero-order chi connectivity index (χ0) is 13.1. The average molecular weight is 249 g/mol. The number of unbranched alkanes of at least 4 members (excludes halogenated alkanes) is 8. The van der Waals surface area contributed by atoms with Crippen LogP contribution >= 0.6 is 0 Å². The molecule has 0 aromatic heterocycles. The predicted octanol–water partition coefficient (Wildman–Crippen LogP) is 5.03. The van der Waals surface area contributed by atoms with Gasteiger partial charge in [-0.2, -0.15) is 10.5 Å². The standard InChI is InChI=1S/C16H29N2/c1-3-4-5-6-7-8-9-10-11-12-15(2)16-13-14-17-18-16/h13-15H,3-12H2,1-2H3. The van der Waals surface area contributed by atoms with Crippen LogP contribution in [0.1, 0.15) is 78.1 Å². The molecule has 1 aliphatic rings. The van der Waals surface area contributed by atoms with Crippen molar-refractivity contribution >= 4 is 5.71 Å². The first kappa shape index (κ1) is 15.3. The molecule has 0 amide bonds. The van der Waals surface area contributed by atoms with Crippen LogP contribution in [0.25, 0.3) is 0 Å². The summed E-state index contributed by atoms with van der Waals surface area (Å²) in [6, 6.07) is 0. The van der Waals surface area contributed by atoms with Crippen LogP contribution in [0.15, 0.2) is 17.4 Å². The summed E-state index contributed by atoms with van der Waals surface area (Å²) in [4.78, 5) is 0. The Kier molecular flexibility index (Phi) is 8.62. The minimum Gasteiger partial charge on any atom is -0.159 e. The molecule has 1 heterocycles. The topological polar surface area (TPSA) is 26.5 Å². The highest BCUT2D eigenvalue weighted by Crippen LogP contribution is 2.15. The molecule has 0 fully saturated rings. The summed E-state index contributed by atoms with van der Waals surface area (Å²) in [5.41, 5.74) is 5.05. The van der Waals surface area contributed by atoms with Gasteiger partial charge in [-0.05, 0) is 12.5 Å². The van der Waals surface area contributed by atoms with Crippen molar-refractivity contribution in [2.24, 2.45) is 11.0 Å². The molecule has 0 bridgehead atoms. The SMILES string of the molecule is CCCCCCCCCCCC(C)C1=N[N]C=C1. The molecule has 2 nitrogen and oxygen atoms in total. The lowest BCUT2D eigenvalue weighted by Crippen LogP contribution is -2.06. The van der Waals surface area contributed by atoms with Crippen molar-refractivity contribution in [2.45, 2.75) is 78.1 Å². The van der Waals surface area contributed by atoms with Crippen LogP contribution in [-0.2, 0) is 0 Å². The third kappa shape index (κ3) is 6.83. The van der Waals surface area contributed by atoms with Crippen LogP contribution < -0.4 is 5.43 Å². The maximum Gasteiger partial charge on any atom is 0.0674 e. The summed E-state index contributed by atoms with van der Waals surface area (Å²) in [7, 11) is 0. The first-order chi connectivity index (χ1) is 8.84. The molecular formula is C16H29N2. The molecule has 103 valence electrons. The molecule has 2 heteroatoms. The van der Waals surface area contributed by atoms with Gasteiger partial charge in [-0.15, -0.1) is 0 Å². The van der Waals surface area contributed by atoms with Crippen molar-refractivity contribution in [1.82, 2.24) is 5.43 Å². The largest absolute Gasteiger partial charge is 0.159 e. The number of hydrogen-bond donors (Lipinski definition) is 0. The second-order valence-corrected chi connectivity index (χ2v) is 5.47. The Morgan fingerprint density at radius 1 is 0.944 bits per heavy atom. The number of allylic oxidation sites excluding steroid dienone is 1. The average Bonchev–Trinajstić information content (AvgIpc) is 2.90. The quantitative estimate of drug-likeness (QED) is 0.459. The van der Waals surface area contributed by atoms with Crippen LogP contribution in [-0.4, -0.2) is 5.71 Å². The fourth-order valence-electron chi connectivity index (χ4n) is 2.41. The summed E-state index contributed by atoms with van der Waals surface area (Å²) in [5, 5.41) is 4.12. The number of nitrogens with zero attached hydrogens (tertiary/aromatic N) is 2. The molecule has 0 aromatic carbocycles. The van der Waals surface area contributed by atoms with E-state index in [1.54, 1.807) is 6.20 Å². The van der Waals surface area contributed by atoms with Gasteiger partial charge in [0.05, 0.1) is 11.9 Å². The lowest BCUT2D eigenvalue weighted by Gasteiger charge is -2.08. The Morgan fingerprint density at radius 2 is 1.56 bits per heavy atom. The highest BCUT2D eigenvalue weighted by atomic mass is 15.3. The predicted molar refractivity (Wildman–Crippen MR) is 79.7 cm³/mol. The van der Waals surface area contributed by atoms with Crippen molar-refractivity contribution in [3.8, 4) is 0 Å². The molecule has 0 aromatic rings. The molecule has 18 heavy (non-hydrogen) atoms. The molecule has 0 N–H and O–H groups in total. The van der Waals surface area contributed by atoms with Crippen molar-refractivity contribution in [3.63, 3.8) is 0 Å². The van der Waals surface area contributed by atoms with Gasteiger partial charge in [-0.25, -0.2) is 0 Å². The Labute approximate surface area is 113 Å². The molecule has 1 atom stereocenters. The van der Waals surface area contributed by atoms with Crippen LogP contribution in [0, 0.1) is 5.92 Å². The minimum absolute atomic E-state index is 0.581. The Hall–Kier alpha value is -0.790. The number of hydrogen-bond acceptors (Lipinski definition) is 1. The Morgan fingerprint density at radius 3 is 2.11 bits per heavy atom. The van der Waals surface area contributed by atoms with Crippen molar-refractivity contribution in [3.05, 3.63) is 12.3 Å². The summed E-state index contributed by atoms with van der Waals surface area (Å²) >= 11 is 0. The van der Waals surface area contributed by atoms with E-state index in [-0.39, 0.29) is 0 Å². The van der Waals surface area contributed by atoms with Crippen molar-refractivity contribution < 1.29 is 0 Å². The summed E-state index contributed by atoms with van der Waals surface area (Å²) in [6.07, 6.45) is 17.7. The van der Waals surface area contributed by atoms with Gasteiger partial charge in [0.25, 0.3) is 0 Å². The van der Waals surface area contributed by atoms with E-state index in [1.165, 1.54) is 64.2 Å². The Balaban J connectivity index is 1.85. The van der Waals surface area contributed by atoms with Gasteiger partial charge in [0, 0.05) is 5.92 Å². The van der Waals surface area contributed by atoms with E-state index in [0.29, 0.717) is 5.92 Å². The molecule has 1 radical (unpaired) electrons. The van der Waals surface area contributed by atoms with Crippen LogP contribution in [0.3, 0.4) is 0 Å². The first-order valence-electron chi connectivity index (χ1n) is 7.79. The highest BCUT2D eigenvalue weighted by Gasteiger charge is 2.10. The Bertz CT molecular complexity index is 256. The zero-order valence-corrected chi connectivity index (χ0v) is 12.2. The van der Waals surface area contributed by atoms with E-state index in [9.17, 15) is 0 Å². The molecule has 1 aliphatic heterocycles. The maximum atomic E-state index is 4.12. The lowest BCUT2D eigenvalue weighted by molar-refractivity contribution is 0.538. The summed E-state index contributed by atoms with van der Waals surface area (Å²) in [5.74, 6) is 0.581. The first-order valence-corrected chi connectivity index (χ1v) is 7.79.